The van der Waals surface area contributed by atoms with Crippen LogP contribution in [0.25, 0.3) is 0 Å². The van der Waals surface area contributed by atoms with E-state index in [1.807, 2.05) is 25.3 Å². The van der Waals surface area contributed by atoms with Crippen molar-refractivity contribution >= 4 is 15.9 Å². The van der Waals surface area contributed by atoms with Crippen LogP contribution in [0.5, 0.6) is 0 Å². The second-order valence-electron chi connectivity index (χ2n) is 6.16. The molecule has 2 aliphatic rings. The first kappa shape index (κ1) is 22.4. The summed E-state index contributed by atoms with van der Waals surface area (Å²) in [5.74, 6) is 0. The molecule has 26 heavy (non-hydrogen) atoms. The second kappa shape index (κ2) is 11.9. The summed E-state index contributed by atoms with van der Waals surface area (Å²) in [6.45, 7) is 12.8. The second-order valence-corrected chi connectivity index (χ2v) is 7.08. The highest BCUT2D eigenvalue weighted by Crippen LogP contribution is 2.28. The van der Waals surface area contributed by atoms with Crippen molar-refractivity contribution < 1.29 is 5.21 Å². The molecule has 0 bridgehead atoms. The molecule has 0 saturated carbocycles. The van der Waals surface area contributed by atoms with Gasteiger partial charge < -0.3 is 10.5 Å². The molecule has 2 N–H and O–H groups in total. The maximum absolute atomic E-state index is 10.6. The molecule has 0 aromatic rings. The van der Waals surface area contributed by atoms with E-state index < -0.39 is 0 Å². The third-order valence-electron chi connectivity index (χ3n) is 4.30. The van der Waals surface area contributed by atoms with Crippen LogP contribution in [0.15, 0.2) is 83.1 Å². The van der Waals surface area contributed by atoms with Gasteiger partial charge in [-0.2, -0.15) is 5.06 Å². The Bertz CT molecular complexity index is 641. The van der Waals surface area contributed by atoms with Crippen molar-refractivity contribution in [1.82, 2.24) is 10.4 Å². The molecule has 1 heterocycles. The molecule has 1 aliphatic heterocycles. The zero-order chi connectivity index (χ0) is 19.5. The van der Waals surface area contributed by atoms with Gasteiger partial charge in [0.1, 0.15) is 0 Å². The highest BCUT2D eigenvalue weighted by Gasteiger charge is 2.26. The van der Waals surface area contributed by atoms with Crippen molar-refractivity contribution in [3.63, 3.8) is 0 Å². The molecule has 0 aromatic heterocycles. The lowest BCUT2D eigenvalue weighted by molar-refractivity contribution is -0.102. The van der Waals surface area contributed by atoms with Crippen LogP contribution >= 0.6 is 15.9 Å². The lowest BCUT2D eigenvalue weighted by Gasteiger charge is -2.25. The maximum Gasteiger partial charge on any atom is 0.0592 e. The van der Waals surface area contributed by atoms with E-state index in [1.165, 1.54) is 10.6 Å². The SMILES string of the molecule is C=C.CC/C=C(Br)\C=C1\C(C(C)N(O)CC2=CCC=CC=C2)=CNC1C. The van der Waals surface area contributed by atoms with E-state index in [4.69, 9.17) is 0 Å². The smallest absolute Gasteiger partial charge is 0.0592 e. The molecule has 0 saturated heterocycles. The largest absolute Gasteiger partial charge is 0.384 e. The molecule has 1 aliphatic carbocycles. The summed E-state index contributed by atoms with van der Waals surface area (Å²) >= 11 is 3.61. The van der Waals surface area contributed by atoms with Crippen molar-refractivity contribution in [2.24, 2.45) is 0 Å². The Morgan fingerprint density at radius 2 is 2.19 bits per heavy atom. The predicted molar refractivity (Wildman–Crippen MR) is 116 cm³/mol. The van der Waals surface area contributed by atoms with Crippen molar-refractivity contribution in [3.8, 4) is 0 Å². The van der Waals surface area contributed by atoms with Crippen LogP contribution in [0.4, 0.5) is 0 Å². The lowest BCUT2D eigenvalue weighted by atomic mass is 9.97. The average molecular weight is 419 g/mol. The van der Waals surface area contributed by atoms with Gasteiger partial charge in [-0.1, -0.05) is 59.3 Å². The molecule has 2 atom stereocenters. The van der Waals surface area contributed by atoms with E-state index in [2.05, 4.69) is 78.6 Å². The van der Waals surface area contributed by atoms with E-state index in [9.17, 15) is 5.21 Å². The Labute approximate surface area is 166 Å². The molecular weight excluding hydrogens is 388 g/mol. The van der Waals surface area contributed by atoms with Crippen molar-refractivity contribution in [2.75, 3.05) is 6.54 Å². The topological polar surface area (TPSA) is 35.5 Å². The minimum atomic E-state index is -0.0823. The van der Waals surface area contributed by atoms with Crippen molar-refractivity contribution in [1.29, 1.82) is 0 Å². The standard InChI is InChI=1S/C20H27BrN2O.C2H4/c1-4-9-18(21)12-19-15(2)22-13-20(19)16(3)23(24)14-17-10-7-5-6-8-11-17;1-2/h5-7,9-13,15-16,22,24H,4,8,14H2,1-3H3;1-2H2/b18-9+,19-12+;. The summed E-state index contributed by atoms with van der Waals surface area (Å²) in [6, 6.07) is 0.163. The summed E-state index contributed by atoms with van der Waals surface area (Å²) in [5, 5.41) is 15.4. The molecule has 2 rings (SSSR count). The summed E-state index contributed by atoms with van der Waals surface area (Å²) in [4.78, 5) is 0. The Morgan fingerprint density at radius 1 is 1.46 bits per heavy atom. The Morgan fingerprint density at radius 3 is 2.88 bits per heavy atom. The molecule has 4 heteroatoms. The Hall–Kier alpha value is -1.62. The number of allylic oxidation sites excluding steroid dienone is 7. The highest BCUT2D eigenvalue weighted by molar-refractivity contribution is 9.11. The summed E-state index contributed by atoms with van der Waals surface area (Å²) in [5.41, 5.74) is 3.47. The van der Waals surface area contributed by atoms with Gasteiger partial charge >= 0.3 is 0 Å². The molecule has 0 spiro atoms. The van der Waals surface area contributed by atoms with Crippen LogP contribution < -0.4 is 5.32 Å². The summed E-state index contributed by atoms with van der Waals surface area (Å²) in [6.07, 6.45) is 18.6. The van der Waals surface area contributed by atoms with Gasteiger partial charge in [0.2, 0.25) is 0 Å². The van der Waals surface area contributed by atoms with Crippen molar-refractivity contribution in [3.05, 3.63) is 83.1 Å². The molecule has 2 unspecified atom stereocenters. The molecule has 0 radical (unpaired) electrons. The van der Waals surface area contributed by atoms with E-state index >= 15 is 0 Å². The predicted octanol–water partition coefficient (Wildman–Crippen LogP) is 5.80. The van der Waals surface area contributed by atoms with Gasteiger partial charge in [-0.25, -0.2) is 0 Å². The molecule has 0 aromatic carbocycles. The van der Waals surface area contributed by atoms with Crippen LogP contribution in [0, 0.1) is 0 Å². The van der Waals surface area contributed by atoms with Crippen molar-refractivity contribution in [2.45, 2.75) is 45.7 Å². The lowest BCUT2D eigenvalue weighted by Crippen LogP contribution is -2.33. The fraction of sp³-hybridized carbons (Fsp3) is 0.364. The van der Waals surface area contributed by atoms with Gasteiger partial charge in [0.05, 0.1) is 6.04 Å². The van der Waals surface area contributed by atoms with Crippen LogP contribution in [-0.4, -0.2) is 28.9 Å². The first-order valence-corrected chi connectivity index (χ1v) is 9.83. The number of nitrogens with one attached hydrogen (secondary N) is 1. The Kier molecular flexibility index (Phi) is 10.3. The monoisotopic (exact) mass is 418 g/mol. The normalized spacial score (nSPS) is 22.3. The maximum atomic E-state index is 10.6. The number of hydroxylamine groups is 2. The van der Waals surface area contributed by atoms with Gasteiger partial charge in [-0.3, -0.25) is 0 Å². The van der Waals surface area contributed by atoms with Gasteiger partial charge in [0, 0.05) is 23.3 Å². The fourth-order valence-electron chi connectivity index (χ4n) is 2.84. The van der Waals surface area contributed by atoms with Crippen LogP contribution in [0.2, 0.25) is 0 Å². The number of nitrogens with zero attached hydrogens (tertiary/aromatic N) is 1. The quantitative estimate of drug-likeness (QED) is 0.422. The third kappa shape index (κ3) is 6.60. The van der Waals surface area contributed by atoms with Crippen LogP contribution in [0.3, 0.4) is 0 Å². The average Bonchev–Trinajstić information content (AvgIpc) is 2.83. The van der Waals surface area contributed by atoms with E-state index in [-0.39, 0.29) is 12.1 Å². The fourth-order valence-corrected chi connectivity index (χ4v) is 3.41. The van der Waals surface area contributed by atoms with E-state index in [1.54, 1.807) is 0 Å². The van der Waals surface area contributed by atoms with Gasteiger partial charge in [-0.15, -0.1) is 13.2 Å². The summed E-state index contributed by atoms with van der Waals surface area (Å²) < 4.78 is 1.08. The third-order valence-corrected chi connectivity index (χ3v) is 4.85. The number of rotatable bonds is 6. The molecular formula is C22H31BrN2O. The first-order chi connectivity index (χ1) is 12.5. The molecule has 0 amide bonds. The zero-order valence-electron chi connectivity index (χ0n) is 16.1. The first-order valence-electron chi connectivity index (χ1n) is 9.04. The molecule has 142 valence electrons. The number of hydrogen-bond acceptors (Lipinski definition) is 3. The summed E-state index contributed by atoms with van der Waals surface area (Å²) in [7, 11) is 0. The number of halogens is 1. The minimum Gasteiger partial charge on any atom is -0.384 e. The van der Waals surface area contributed by atoms with E-state index in [0.717, 1.165) is 28.5 Å². The van der Waals surface area contributed by atoms with Gasteiger partial charge in [0.25, 0.3) is 0 Å². The Balaban J connectivity index is 0.00000163. The molecule has 0 fully saturated rings. The van der Waals surface area contributed by atoms with Gasteiger partial charge in [-0.05, 0) is 49.5 Å². The van der Waals surface area contributed by atoms with E-state index in [0.29, 0.717) is 6.54 Å². The number of hydrogen-bond donors (Lipinski definition) is 2. The minimum absolute atomic E-state index is 0.0823. The van der Waals surface area contributed by atoms with Gasteiger partial charge in [0.15, 0.2) is 0 Å². The van der Waals surface area contributed by atoms with Crippen LogP contribution in [-0.2, 0) is 0 Å². The molecule has 3 nitrogen and oxygen atoms in total. The zero-order valence-corrected chi connectivity index (χ0v) is 17.7. The highest BCUT2D eigenvalue weighted by atomic mass is 79.9. The van der Waals surface area contributed by atoms with Crippen LogP contribution in [0.1, 0.15) is 33.6 Å².